The van der Waals surface area contributed by atoms with Crippen LogP contribution in [0.5, 0.6) is 0 Å². The zero-order chi connectivity index (χ0) is 26.4. The Morgan fingerprint density at radius 1 is 0.684 bits per heavy atom. The fourth-order valence-corrected chi connectivity index (χ4v) is 9.02. The summed E-state index contributed by atoms with van der Waals surface area (Å²) in [6.45, 7) is 4.37. The summed E-state index contributed by atoms with van der Waals surface area (Å²) in [7, 11) is 0. The molecule has 2 N–H and O–H groups in total. The van der Waals surface area contributed by atoms with Gasteiger partial charge in [-0.25, -0.2) is 0 Å². The summed E-state index contributed by atoms with van der Waals surface area (Å²) in [4.78, 5) is 23.8. The summed E-state index contributed by atoms with van der Waals surface area (Å²) < 4.78 is 22.3. The Morgan fingerprint density at radius 2 is 1.32 bits per heavy atom. The van der Waals surface area contributed by atoms with E-state index in [1.54, 1.807) is 0 Å². The number of carboxylic acids is 2. The first-order valence-corrected chi connectivity index (χ1v) is 15.2. The predicted octanol–water partition coefficient (Wildman–Crippen LogP) is 4.42. The van der Waals surface area contributed by atoms with E-state index in [9.17, 15) is 19.8 Å². The Bertz CT molecular complexity index is 970. The van der Waals surface area contributed by atoms with Crippen LogP contribution >= 0.6 is 0 Å². The first-order chi connectivity index (χ1) is 18.2. The Kier molecular flexibility index (Phi) is 6.19. The van der Waals surface area contributed by atoms with Gasteiger partial charge in [-0.3, -0.25) is 9.59 Å². The molecule has 0 spiro atoms. The number of epoxide rings is 4. The summed E-state index contributed by atoms with van der Waals surface area (Å²) in [6.07, 6.45) is 14.3. The number of hydrogen-bond acceptors (Lipinski definition) is 6. The topological polar surface area (TPSA) is 125 Å². The van der Waals surface area contributed by atoms with Gasteiger partial charge in [0.15, 0.2) is 0 Å². The molecule has 212 valence electrons. The molecule has 8 heteroatoms. The van der Waals surface area contributed by atoms with Gasteiger partial charge in [0.25, 0.3) is 0 Å². The standard InChI is InChI=1S/C16H24O4.C14H20O4/c1-8-3-11-13(19-11)5-10(8)6-16(15(17)18)7-14-12(20-14)4-9(16)2;15-13(16)14(4-3-10-12(7-14)18-10)6-8-1-2-9-11(5-8)17-9/h8-14H,3-7H2,1-2H3,(H,17,18);8-12H,1-7H2,(H,15,16). The molecule has 0 radical (unpaired) electrons. The molecular weight excluding hydrogens is 488 g/mol. The maximum absolute atomic E-state index is 12.0. The Hall–Kier alpha value is -1.22. The monoisotopic (exact) mass is 532 g/mol. The van der Waals surface area contributed by atoms with Crippen molar-refractivity contribution in [1.29, 1.82) is 0 Å². The third-order valence-corrected chi connectivity index (χ3v) is 11.9. The predicted molar refractivity (Wildman–Crippen MR) is 135 cm³/mol. The second kappa shape index (κ2) is 9.15. The minimum absolute atomic E-state index is 0.214. The van der Waals surface area contributed by atoms with Gasteiger partial charge in [0.05, 0.1) is 59.7 Å². The SMILES string of the molecule is CC1CC2OC2CC1CC1(C(=O)O)CC2OC2CC1C.O=C(O)C1(CC2CCC3OC3C2)CCC2OC2C1. The van der Waals surface area contributed by atoms with Crippen LogP contribution in [0.15, 0.2) is 0 Å². The van der Waals surface area contributed by atoms with Crippen LogP contribution in [-0.4, -0.2) is 71.0 Å². The van der Waals surface area contributed by atoms with Crippen molar-refractivity contribution in [3.8, 4) is 0 Å². The average molecular weight is 533 g/mol. The Labute approximate surface area is 225 Å². The molecule has 4 heterocycles. The van der Waals surface area contributed by atoms with Crippen LogP contribution in [0, 0.1) is 34.5 Å². The van der Waals surface area contributed by atoms with Gasteiger partial charge in [0.1, 0.15) is 0 Å². The molecule has 0 aromatic rings. The highest BCUT2D eigenvalue weighted by molar-refractivity contribution is 5.76. The van der Waals surface area contributed by atoms with E-state index < -0.39 is 22.8 Å². The van der Waals surface area contributed by atoms with Crippen molar-refractivity contribution in [2.24, 2.45) is 34.5 Å². The summed E-state index contributed by atoms with van der Waals surface area (Å²) >= 11 is 0. The van der Waals surface area contributed by atoms with Gasteiger partial charge in [-0.2, -0.15) is 0 Å². The third-order valence-electron chi connectivity index (χ3n) is 11.9. The molecule has 8 aliphatic rings. The van der Waals surface area contributed by atoms with Crippen LogP contribution in [0.3, 0.4) is 0 Å². The van der Waals surface area contributed by atoms with Crippen molar-refractivity contribution >= 4 is 11.9 Å². The Morgan fingerprint density at radius 3 is 2.05 bits per heavy atom. The number of fused-ring (bicyclic) bond motifs is 4. The van der Waals surface area contributed by atoms with E-state index in [-0.39, 0.29) is 18.1 Å². The van der Waals surface area contributed by atoms with Crippen LogP contribution in [0.1, 0.15) is 90.9 Å². The fourth-order valence-electron chi connectivity index (χ4n) is 9.02. The van der Waals surface area contributed by atoms with E-state index in [0.717, 1.165) is 70.6 Å². The molecule has 0 bridgehead atoms. The lowest BCUT2D eigenvalue weighted by molar-refractivity contribution is -0.156. The number of aliphatic carboxylic acids is 2. The molecule has 0 aromatic heterocycles. The largest absolute Gasteiger partial charge is 0.481 e. The van der Waals surface area contributed by atoms with Gasteiger partial charge < -0.3 is 29.2 Å². The second-order valence-corrected chi connectivity index (χ2v) is 14.3. The van der Waals surface area contributed by atoms with Crippen LogP contribution in [0.25, 0.3) is 0 Å². The first kappa shape index (κ1) is 25.7. The van der Waals surface area contributed by atoms with Crippen LogP contribution in [0.2, 0.25) is 0 Å². The lowest BCUT2D eigenvalue weighted by Gasteiger charge is -2.41. The maximum atomic E-state index is 12.0. The molecule has 8 nitrogen and oxygen atoms in total. The lowest BCUT2D eigenvalue weighted by Crippen LogP contribution is -2.45. The van der Waals surface area contributed by atoms with E-state index in [4.69, 9.17) is 18.9 Å². The van der Waals surface area contributed by atoms with Gasteiger partial charge in [0.2, 0.25) is 0 Å². The van der Waals surface area contributed by atoms with Gasteiger partial charge in [-0.05, 0) is 101 Å². The summed E-state index contributed by atoms with van der Waals surface area (Å²) in [5.74, 6) is 0.627. The number of rotatable bonds is 6. The van der Waals surface area contributed by atoms with Crippen LogP contribution in [0.4, 0.5) is 0 Å². The lowest BCUT2D eigenvalue weighted by atomic mass is 9.60. The number of ether oxygens (including phenoxy) is 4. The number of carboxylic acid groups (broad SMARTS) is 2. The van der Waals surface area contributed by atoms with Crippen molar-refractivity contribution in [3.05, 3.63) is 0 Å². The second-order valence-electron chi connectivity index (χ2n) is 14.3. The van der Waals surface area contributed by atoms with E-state index in [1.807, 2.05) is 0 Å². The van der Waals surface area contributed by atoms with Gasteiger partial charge in [-0.15, -0.1) is 0 Å². The van der Waals surface area contributed by atoms with Crippen molar-refractivity contribution in [1.82, 2.24) is 0 Å². The molecule has 14 atom stereocenters. The van der Waals surface area contributed by atoms with Crippen molar-refractivity contribution in [3.63, 3.8) is 0 Å². The smallest absolute Gasteiger partial charge is 0.310 e. The summed E-state index contributed by atoms with van der Waals surface area (Å²) in [6, 6.07) is 0. The molecular formula is C30H44O8. The van der Waals surface area contributed by atoms with Gasteiger partial charge in [0, 0.05) is 0 Å². The van der Waals surface area contributed by atoms with E-state index in [0.29, 0.717) is 60.8 Å². The molecule has 4 saturated carbocycles. The minimum Gasteiger partial charge on any atom is -0.481 e. The quantitative estimate of drug-likeness (QED) is 0.482. The van der Waals surface area contributed by atoms with Crippen LogP contribution in [-0.2, 0) is 28.5 Å². The molecule has 8 fully saturated rings. The van der Waals surface area contributed by atoms with Crippen molar-refractivity contribution in [2.45, 2.75) is 140 Å². The van der Waals surface area contributed by atoms with Gasteiger partial charge >= 0.3 is 11.9 Å². The highest BCUT2D eigenvalue weighted by Crippen LogP contribution is 2.56. The normalized spacial score (nSPS) is 55.0. The van der Waals surface area contributed by atoms with E-state index in [1.165, 1.54) is 0 Å². The Balaban J connectivity index is 0.000000128. The summed E-state index contributed by atoms with van der Waals surface area (Å²) in [5, 5.41) is 19.5. The number of hydrogen-bond donors (Lipinski definition) is 2. The highest BCUT2D eigenvalue weighted by Gasteiger charge is 2.60. The molecule has 8 rings (SSSR count). The van der Waals surface area contributed by atoms with E-state index in [2.05, 4.69) is 13.8 Å². The zero-order valence-electron chi connectivity index (χ0n) is 22.8. The molecule has 4 saturated heterocycles. The summed E-state index contributed by atoms with van der Waals surface area (Å²) in [5.41, 5.74) is -1.08. The first-order valence-electron chi connectivity index (χ1n) is 15.2. The maximum Gasteiger partial charge on any atom is 0.310 e. The van der Waals surface area contributed by atoms with Crippen molar-refractivity contribution < 1.29 is 38.7 Å². The molecule has 14 unspecified atom stereocenters. The van der Waals surface area contributed by atoms with Crippen molar-refractivity contribution in [2.75, 3.05) is 0 Å². The highest BCUT2D eigenvalue weighted by atomic mass is 16.6. The molecule has 38 heavy (non-hydrogen) atoms. The number of carbonyl (C=O) groups is 2. The zero-order valence-corrected chi connectivity index (χ0v) is 22.8. The van der Waals surface area contributed by atoms with Crippen LogP contribution < -0.4 is 0 Å². The average Bonchev–Trinajstić information content (AvgIpc) is 3.68. The molecule has 4 aliphatic carbocycles. The third kappa shape index (κ3) is 4.71. The molecule has 0 amide bonds. The van der Waals surface area contributed by atoms with E-state index >= 15 is 0 Å². The minimum atomic E-state index is -0.606. The van der Waals surface area contributed by atoms with Gasteiger partial charge in [-0.1, -0.05) is 13.8 Å². The fraction of sp³-hybridized carbons (Fsp3) is 0.933. The molecule has 0 aromatic carbocycles. The molecule has 4 aliphatic heterocycles.